The topological polar surface area (TPSA) is 52.6 Å². The van der Waals surface area contributed by atoms with Crippen LogP contribution in [0.1, 0.15) is 35.1 Å². The molecular formula is C24H35N3O2S. The van der Waals surface area contributed by atoms with Gasteiger partial charge in [0, 0.05) is 38.4 Å². The summed E-state index contributed by atoms with van der Waals surface area (Å²) in [6, 6.07) is 12.6. The zero-order chi connectivity index (χ0) is 21.7. The Kier molecular flexibility index (Phi) is 7.55. The Labute approximate surface area is 182 Å². The SMILES string of the molecule is Cc1cccc(N2CCN(CCCCNS(=O)(=O)c3c(C)cc(C)cc3C)CC2)c1. The molecule has 5 nitrogen and oxygen atoms in total. The third-order valence-electron chi connectivity index (χ3n) is 5.81. The molecule has 0 bridgehead atoms. The van der Waals surface area contributed by atoms with Gasteiger partial charge in [-0.3, -0.25) is 4.90 Å². The van der Waals surface area contributed by atoms with Crippen molar-refractivity contribution < 1.29 is 8.42 Å². The smallest absolute Gasteiger partial charge is 0.241 e. The van der Waals surface area contributed by atoms with Crippen LogP contribution in [-0.4, -0.2) is 52.6 Å². The molecule has 0 unspecified atom stereocenters. The fraction of sp³-hybridized carbons (Fsp3) is 0.500. The predicted octanol–water partition coefficient (Wildman–Crippen LogP) is 3.80. The van der Waals surface area contributed by atoms with Gasteiger partial charge in [0.2, 0.25) is 10.0 Å². The van der Waals surface area contributed by atoms with E-state index in [0.717, 1.165) is 62.3 Å². The molecule has 0 atom stereocenters. The number of anilines is 1. The number of unbranched alkanes of at least 4 members (excludes halogenated alkanes) is 1. The van der Waals surface area contributed by atoms with Crippen molar-refractivity contribution in [1.82, 2.24) is 9.62 Å². The van der Waals surface area contributed by atoms with Gasteiger partial charge in [-0.15, -0.1) is 0 Å². The summed E-state index contributed by atoms with van der Waals surface area (Å²) < 4.78 is 28.2. The molecule has 0 amide bonds. The Morgan fingerprint density at radius 3 is 2.17 bits per heavy atom. The van der Waals surface area contributed by atoms with E-state index < -0.39 is 10.0 Å². The minimum Gasteiger partial charge on any atom is -0.369 e. The molecule has 3 rings (SSSR count). The van der Waals surface area contributed by atoms with Gasteiger partial charge in [-0.2, -0.15) is 0 Å². The van der Waals surface area contributed by atoms with Gasteiger partial charge < -0.3 is 4.90 Å². The summed E-state index contributed by atoms with van der Waals surface area (Å²) in [4.78, 5) is 5.36. The molecule has 1 aliphatic heterocycles. The minimum absolute atomic E-state index is 0.431. The van der Waals surface area contributed by atoms with Crippen LogP contribution in [0.2, 0.25) is 0 Å². The molecule has 0 spiro atoms. The van der Waals surface area contributed by atoms with Gasteiger partial charge >= 0.3 is 0 Å². The van der Waals surface area contributed by atoms with Gasteiger partial charge in [-0.1, -0.05) is 29.8 Å². The molecule has 1 N–H and O–H groups in total. The lowest BCUT2D eigenvalue weighted by atomic mass is 10.1. The van der Waals surface area contributed by atoms with E-state index >= 15 is 0 Å². The number of sulfonamides is 1. The van der Waals surface area contributed by atoms with E-state index in [9.17, 15) is 8.42 Å². The van der Waals surface area contributed by atoms with Gasteiger partial charge in [-0.05, 0) is 75.9 Å². The second-order valence-corrected chi connectivity index (χ2v) is 10.2. The van der Waals surface area contributed by atoms with Crippen molar-refractivity contribution >= 4 is 15.7 Å². The van der Waals surface area contributed by atoms with Crippen molar-refractivity contribution in [2.24, 2.45) is 0 Å². The molecule has 2 aromatic carbocycles. The highest BCUT2D eigenvalue weighted by Gasteiger charge is 2.20. The second-order valence-electron chi connectivity index (χ2n) is 8.50. The minimum atomic E-state index is -3.46. The lowest BCUT2D eigenvalue weighted by molar-refractivity contribution is 0.253. The maximum absolute atomic E-state index is 12.7. The normalized spacial score (nSPS) is 15.5. The average Bonchev–Trinajstić information content (AvgIpc) is 2.67. The maximum Gasteiger partial charge on any atom is 0.241 e. The number of benzene rings is 2. The van der Waals surface area contributed by atoms with Crippen LogP contribution in [0.15, 0.2) is 41.3 Å². The molecule has 2 aromatic rings. The lowest BCUT2D eigenvalue weighted by Crippen LogP contribution is -2.46. The molecule has 0 saturated carbocycles. The van der Waals surface area contributed by atoms with Crippen LogP contribution in [0, 0.1) is 27.7 Å². The van der Waals surface area contributed by atoms with E-state index in [1.165, 1.54) is 11.3 Å². The van der Waals surface area contributed by atoms with Crippen LogP contribution in [0.3, 0.4) is 0 Å². The highest BCUT2D eigenvalue weighted by Crippen LogP contribution is 2.21. The molecule has 1 aliphatic rings. The lowest BCUT2D eigenvalue weighted by Gasteiger charge is -2.36. The number of hydrogen-bond acceptors (Lipinski definition) is 4. The molecule has 0 aromatic heterocycles. The van der Waals surface area contributed by atoms with Crippen molar-refractivity contribution in [2.75, 3.05) is 44.2 Å². The summed E-state index contributed by atoms with van der Waals surface area (Å²) in [5.74, 6) is 0. The summed E-state index contributed by atoms with van der Waals surface area (Å²) in [6.07, 6.45) is 1.85. The first-order chi connectivity index (χ1) is 14.3. The number of nitrogens with zero attached hydrogens (tertiary/aromatic N) is 2. The van der Waals surface area contributed by atoms with Crippen LogP contribution in [0.25, 0.3) is 0 Å². The average molecular weight is 430 g/mol. The monoisotopic (exact) mass is 429 g/mol. The van der Waals surface area contributed by atoms with Crippen molar-refractivity contribution in [1.29, 1.82) is 0 Å². The first-order valence-electron chi connectivity index (χ1n) is 10.9. The first-order valence-corrected chi connectivity index (χ1v) is 12.4. The first kappa shape index (κ1) is 22.8. The van der Waals surface area contributed by atoms with Gasteiger partial charge in [0.05, 0.1) is 4.90 Å². The molecule has 1 heterocycles. The van der Waals surface area contributed by atoms with E-state index in [-0.39, 0.29) is 0 Å². The molecule has 0 radical (unpaired) electrons. The summed E-state index contributed by atoms with van der Waals surface area (Å²) in [7, 11) is -3.46. The Morgan fingerprint density at radius 2 is 1.53 bits per heavy atom. The van der Waals surface area contributed by atoms with Crippen LogP contribution in [0.5, 0.6) is 0 Å². The largest absolute Gasteiger partial charge is 0.369 e. The number of aryl methyl sites for hydroxylation is 4. The Morgan fingerprint density at radius 1 is 0.867 bits per heavy atom. The number of piperazine rings is 1. The number of rotatable bonds is 8. The standard InChI is InChI=1S/C24H35N3O2S/c1-19-8-7-9-23(18-19)27-14-12-26(13-15-27)11-6-5-10-25-30(28,29)24-21(3)16-20(2)17-22(24)4/h7-9,16-18,25H,5-6,10-15H2,1-4H3. The van der Waals surface area contributed by atoms with Crippen molar-refractivity contribution in [3.05, 3.63) is 58.7 Å². The van der Waals surface area contributed by atoms with E-state index in [0.29, 0.717) is 11.4 Å². The summed E-state index contributed by atoms with van der Waals surface area (Å²) in [6.45, 7) is 13.6. The quantitative estimate of drug-likeness (QED) is 0.649. The Balaban J connectivity index is 1.40. The molecule has 164 valence electrons. The van der Waals surface area contributed by atoms with Gasteiger partial charge in [0.15, 0.2) is 0 Å². The third kappa shape index (κ3) is 5.84. The summed E-state index contributed by atoms with van der Waals surface area (Å²) >= 11 is 0. The van der Waals surface area contributed by atoms with Crippen LogP contribution in [0.4, 0.5) is 5.69 Å². The zero-order valence-corrected chi connectivity index (χ0v) is 19.6. The van der Waals surface area contributed by atoms with Crippen molar-refractivity contribution in [3.63, 3.8) is 0 Å². The van der Waals surface area contributed by atoms with Crippen LogP contribution < -0.4 is 9.62 Å². The molecule has 6 heteroatoms. The van der Waals surface area contributed by atoms with E-state index in [4.69, 9.17) is 0 Å². The van der Waals surface area contributed by atoms with Gasteiger partial charge in [-0.25, -0.2) is 13.1 Å². The van der Waals surface area contributed by atoms with Crippen molar-refractivity contribution in [3.8, 4) is 0 Å². The second kappa shape index (κ2) is 9.94. The highest BCUT2D eigenvalue weighted by molar-refractivity contribution is 7.89. The molecular weight excluding hydrogens is 394 g/mol. The van der Waals surface area contributed by atoms with Crippen LogP contribution >= 0.6 is 0 Å². The maximum atomic E-state index is 12.7. The fourth-order valence-electron chi connectivity index (χ4n) is 4.38. The van der Waals surface area contributed by atoms with Gasteiger partial charge in [0.1, 0.15) is 0 Å². The Hall–Kier alpha value is -1.89. The summed E-state index contributed by atoms with van der Waals surface area (Å²) in [5.41, 5.74) is 5.32. The summed E-state index contributed by atoms with van der Waals surface area (Å²) in [5, 5.41) is 0. The number of hydrogen-bond donors (Lipinski definition) is 1. The molecule has 30 heavy (non-hydrogen) atoms. The van der Waals surface area contributed by atoms with E-state index in [1.54, 1.807) is 0 Å². The van der Waals surface area contributed by atoms with Crippen LogP contribution in [-0.2, 0) is 10.0 Å². The molecule has 1 saturated heterocycles. The van der Waals surface area contributed by atoms with Crippen molar-refractivity contribution in [2.45, 2.75) is 45.4 Å². The zero-order valence-electron chi connectivity index (χ0n) is 18.7. The Bertz CT molecular complexity index is 941. The van der Waals surface area contributed by atoms with Gasteiger partial charge in [0.25, 0.3) is 0 Å². The molecule has 1 fully saturated rings. The highest BCUT2D eigenvalue weighted by atomic mass is 32.2. The number of nitrogens with one attached hydrogen (secondary N) is 1. The molecule has 0 aliphatic carbocycles. The van der Waals surface area contributed by atoms with E-state index in [2.05, 4.69) is 45.7 Å². The third-order valence-corrected chi connectivity index (χ3v) is 7.57. The van der Waals surface area contributed by atoms with E-state index in [1.807, 2.05) is 32.9 Å². The fourth-order valence-corrected chi connectivity index (χ4v) is 5.91. The predicted molar refractivity (Wildman–Crippen MR) is 125 cm³/mol.